The number of cyclic esters (lactones) is 1. The van der Waals surface area contributed by atoms with Crippen molar-refractivity contribution in [2.45, 2.75) is 50.7 Å². The third kappa shape index (κ3) is 5.81. The monoisotopic (exact) mass is 521 g/mol. The SMILES string of the molecule is COc1ccc(CCC(O)(CC(C)(C)c2cc(F)ccc2OC)C(=O)Nc2ccc3c(c2)COC3=O)cc1. The lowest BCUT2D eigenvalue weighted by molar-refractivity contribution is -0.137. The summed E-state index contributed by atoms with van der Waals surface area (Å²) in [6.07, 6.45) is 0.518. The molecule has 1 aliphatic rings. The second kappa shape index (κ2) is 10.8. The van der Waals surface area contributed by atoms with Crippen LogP contribution in [0.15, 0.2) is 60.7 Å². The van der Waals surface area contributed by atoms with Crippen LogP contribution in [0, 0.1) is 5.82 Å². The zero-order chi connectivity index (χ0) is 27.5. The molecule has 1 amide bonds. The van der Waals surface area contributed by atoms with Crippen molar-refractivity contribution in [3.8, 4) is 11.5 Å². The van der Waals surface area contributed by atoms with Crippen molar-refractivity contribution in [2.24, 2.45) is 0 Å². The van der Waals surface area contributed by atoms with E-state index in [2.05, 4.69) is 5.32 Å². The van der Waals surface area contributed by atoms with E-state index in [1.54, 1.807) is 25.3 Å². The Balaban J connectivity index is 1.63. The predicted molar refractivity (Wildman–Crippen MR) is 141 cm³/mol. The van der Waals surface area contributed by atoms with Gasteiger partial charge in [-0.25, -0.2) is 9.18 Å². The van der Waals surface area contributed by atoms with Gasteiger partial charge in [-0.05, 0) is 78.8 Å². The van der Waals surface area contributed by atoms with Gasteiger partial charge in [0.05, 0.1) is 19.8 Å². The van der Waals surface area contributed by atoms with E-state index in [1.165, 1.54) is 25.3 Å². The Labute approximate surface area is 221 Å². The summed E-state index contributed by atoms with van der Waals surface area (Å²) in [4.78, 5) is 25.5. The molecule has 1 aliphatic heterocycles. The Morgan fingerprint density at radius 2 is 1.79 bits per heavy atom. The summed E-state index contributed by atoms with van der Waals surface area (Å²) in [7, 11) is 3.08. The van der Waals surface area contributed by atoms with Gasteiger partial charge in [0.25, 0.3) is 5.91 Å². The van der Waals surface area contributed by atoms with Gasteiger partial charge in [0.15, 0.2) is 0 Å². The molecule has 200 valence electrons. The molecule has 1 heterocycles. The van der Waals surface area contributed by atoms with Gasteiger partial charge in [-0.15, -0.1) is 0 Å². The first-order valence-corrected chi connectivity index (χ1v) is 12.4. The molecule has 7 nitrogen and oxygen atoms in total. The molecule has 0 aromatic heterocycles. The van der Waals surface area contributed by atoms with E-state index in [1.807, 2.05) is 38.1 Å². The summed E-state index contributed by atoms with van der Waals surface area (Å²) in [6.45, 7) is 3.81. The number of halogens is 1. The molecule has 2 N–H and O–H groups in total. The Hall–Kier alpha value is -3.91. The molecule has 8 heteroatoms. The van der Waals surface area contributed by atoms with Crippen molar-refractivity contribution < 1.29 is 33.3 Å². The number of carbonyl (C=O) groups is 2. The number of carbonyl (C=O) groups excluding carboxylic acids is 2. The van der Waals surface area contributed by atoms with E-state index in [0.717, 1.165) is 5.56 Å². The molecule has 0 aliphatic carbocycles. The molecule has 0 bridgehead atoms. The fourth-order valence-electron chi connectivity index (χ4n) is 4.92. The summed E-state index contributed by atoms with van der Waals surface area (Å²) >= 11 is 0. The molecule has 0 radical (unpaired) electrons. The van der Waals surface area contributed by atoms with Crippen LogP contribution in [0.4, 0.5) is 10.1 Å². The van der Waals surface area contributed by atoms with Gasteiger partial charge in [-0.2, -0.15) is 0 Å². The molecule has 38 heavy (non-hydrogen) atoms. The Bertz CT molecular complexity index is 1340. The highest BCUT2D eigenvalue weighted by Crippen LogP contribution is 2.40. The zero-order valence-electron chi connectivity index (χ0n) is 22.0. The number of hydrogen-bond donors (Lipinski definition) is 2. The number of methoxy groups -OCH3 is 2. The minimum absolute atomic E-state index is 0.00562. The number of hydrogen-bond acceptors (Lipinski definition) is 6. The van der Waals surface area contributed by atoms with Gasteiger partial charge < -0.3 is 24.6 Å². The average molecular weight is 522 g/mol. The third-order valence-corrected chi connectivity index (χ3v) is 6.98. The molecule has 3 aromatic rings. The summed E-state index contributed by atoms with van der Waals surface area (Å²) in [5, 5.41) is 14.7. The van der Waals surface area contributed by atoms with Crippen LogP contribution < -0.4 is 14.8 Å². The number of anilines is 1. The first-order valence-electron chi connectivity index (χ1n) is 12.4. The number of ether oxygens (including phenoxy) is 3. The van der Waals surface area contributed by atoms with Crippen molar-refractivity contribution in [1.82, 2.24) is 0 Å². The van der Waals surface area contributed by atoms with Gasteiger partial charge in [0.1, 0.15) is 29.5 Å². The van der Waals surface area contributed by atoms with Gasteiger partial charge >= 0.3 is 5.97 Å². The maximum Gasteiger partial charge on any atom is 0.338 e. The zero-order valence-corrected chi connectivity index (χ0v) is 22.0. The van der Waals surface area contributed by atoms with Gasteiger partial charge in [0, 0.05) is 16.8 Å². The van der Waals surface area contributed by atoms with Crippen LogP contribution in [-0.4, -0.2) is 36.8 Å². The molecule has 0 saturated carbocycles. The first-order chi connectivity index (χ1) is 18.0. The van der Waals surface area contributed by atoms with Crippen molar-refractivity contribution >= 4 is 17.6 Å². The average Bonchev–Trinajstić information content (AvgIpc) is 3.27. The minimum atomic E-state index is -1.83. The van der Waals surface area contributed by atoms with E-state index in [9.17, 15) is 19.1 Å². The van der Waals surface area contributed by atoms with Crippen LogP contribution in [0.5, 0.6) is 11.5 Å². The smallest absolute Gasteiger partial charge is 0.338 e. The largest absolute Gasteiger partial charge is 0.497 e. The van der Waals surface area contributed by atoms with Crippen molar-refractivity contribution in [2.75, 3.05) is 19.5 Å². The molecule has 0 spiro atoms. The summed E-state index contributed by atoms with van der Waals surface area (Å²) in [6, 6.07) is 16.5. The molecule has 4 rings (SSSR count). The predicted octanol–water partition coefficient (Wildman–Crippen LogP) is 5.18. The summed E-state index contributed by atoms with van der Waals surface area (Å²) < 4.78 is 29.9. The lowest BCUT2D eigenvalue weighted by Gasteiger charge is -2.36. The van der Waals surface area contributed by atoms with Crippen LogP contribution in [0.25, 0.3) is 0 Å². The number of nitrogens with one attached hydrogen (secondary N) is 1. The molecule has 1 unspecified atom stereocenters. The van der Waals surface area contributed by atoms with Gasteiger partial charge in [0.2, 0.25) is 0 Å². The molecule has 3 aromatic carbocycles. The number of benzene rings is 3. The minimum Gasteiger partial charge on any atom is -0.497 e. The maximum atomic E-state index is 14.2. The quantitative estimate of drug-likeness (QED) is 0.357. The van der Waals surface area contributed by atoms with Crippen molar-refractivity contribution in [3.05, 3.63) is 88.7 Å². The highest BCUT2D eigenvalue weighted by atomic mass is 19.1. The number of amides is 1. The van der Waals surface area contributed by atoms with E-state index in [4.69, 9.17) is 14.2 Å². The highest BCUT2D eigenvalue weighted by molar-refractivity contribution is 5.99. The lowest BCUT2D eigenvalue weighted by Crippen LogP contribution is -2.47. The molecular weight excluding hydrogens is 489 g/mol. The standard InChI is InChI=1S/C30H32FNO6/c1-29(2,25-16-21(31)7-12-26(25)37-4)18-30(35,14-13-19-5-9-23(36-3)10-6-19)28(34)32-22-8-11-24-20(15-22)17-38-27(24)33/h5-12,15-16,35H,13-14,17-18H2,1-4H3,(H,32,34). The number of aliphatic hydroxyl groups is 1. The van der Waals surface area contributed by atoms with Gasteiger partial charge in [-0.3, -0.25) is 4.79 Å². The van der Waals surface area contributed by atoms with E-state index in [0.29, 0.717) is 40.3 Å². The fraction of sp³-hybridized carbons (Fsp3) is 0.333. The summed E-state index contributed by atoms with van der Waals surface area (Å²) in [5.41, 5.74) is 0.367. The fourth-order valence-corrected chi connectivity index (χ4v) is 4.92. The van der Waals surface area contributed by atoms with E-state index < -0.39 is 28.7 Å². The highest BCUT2D eigenvalue weighted by Gasteiger charge is 2.42. The number of esters is 1. The molecule has 0 saturated heterocycles. The number of fused-ring (bicyclic) bond motifs is 1. The Kier molecular flexibility index (Phi) is 7.73. The van der Waals surface area contributed by atoms with Crippen LogP contribution in [0.1, 0.15) is 53.7 Å². The second-order valence-corrected chi connectivity index (χ2v) is 10.2. The number of aryl methyl sites for hydroxylation is 1. The van der Waals surface area contributed by atoms with Crippen molar-refractivity contribution in [3.63, 3.8) is 0 Å². The Morgan fingerprint density at radius 3 is 2.47 bits per heavy atom. The normalized spacial score (nSPS) is 14.3. The van der Waals surface area contributed by atoms with E-state index in [-0.39, 0.29) is 19.4 Å². The van der Waals surface area contributed by atoms with Crippen molar-refractivity contribution in [1.29, 1.82) is 0 Å². The van der Waals surface area contributed by atoms with Crippen LogP contribution >= 0.6 is 0 Å². The van der Waals surface area contributed by atoms with Gasteiger partial charge in [-0.1, -0.05) is 26.0 Å². The van der Waals surface area contributed by atoms with E-state index >= 15 is 0 Å². The summed E-state index contributed by atoms with van der Waals surface area (Å²) in [5.74, 6) is -0.257. The van der Waals surface area contributed by atoms with Crippen LogP contribution in [0.3, 0.4) is 0 Å². The Morgan fingerprint density at radius 1 is 1.05 bits per heavy atom. The molecule has 1 atom stereocenters. The third-order valence-electron chi connectivity index (χ3n) is 6.98. The first kappa shape index (κ1) is 27.1. The second-order valence-electron chi connectivity index (χ2n) is 10.2. The van der Waals surface area contributed by atoms with Crippen LogP contribution in [0.2, 0.25) is 0 Å². The maximum absolute atomic E-state index is 14.2. The van der Waals surface area contributed by atoms with Crippen LogP contribution in [-0.2, 0) is 28.0 Å². The number of rotatable bonds is 10. The molecular formula is C30H32FNO6. The molecule has 0 fully saturated rings. The topological polar surface area (TPSA) is 94.1 Å². The lowest BCUT2D eigenvalue weighted by atomic mass is 9.72.